The second-order valence-electron chi connectivity index (χ2n) is 7.83. The molecule has 5 rings (SSSR count). The number of aliphatic hydroxyl groups excluding tert-OH is 1. The Morgan fingerprint density at radius 3 is 2.49 bits per heavy atom. The molecule has 3 aromatic carbocycles. The zero-order valence-electron chi connectivity index (χ0n) is 18.8. The Morgan fingerprint density at radius 2 is 1.74 bits per heavy atom. The third-order valence-corrected chi connectivity index (χ3v) is 6.14. The van der Waals surface area contributed by atoms with E-state index in [1.165, 1.54) is 25.2 Å². The van der Waals surface area contributed by atoms with Crippen molar-refractivity contribution >= 4 is 34.7 Å². The fraction of sp³-hybridized carbons (Fsp3) is 0.154. The molecule has 0 spiro atoms. The molecule has 8 nitrogen and oxygen atoms in total. The monoisotopic (exact) mass is 493 g/mol. The van der Waals surface area contributed by atoms with Crippen molar-refractivity contribution in [3.05, 3.63) is 82.4 Å². The van der Waals surface area contributed by atoms with E-state index >= 15 is 0 Å². The molecule has 9 heteroatoms. The number of ether oxygens (including phenoxy) is 4. The first-order chi connectivity index (χ1) is 16.9. The van der Waals surface area contributed by atoms with Crippen LogP contribution in [0.25, 0.3) is 5.76 Å². The number of hydrogen-bond acceptors (Lipinski definition) is 7. The Morgan fingerprint density at radius 1 is 0.971 bits per heavy atom. The van der Waals surface area contributed by atoms with Crippen LogP contribution in [-0.2, 0) is 9.59 Å². The van der Waals surface area contributed by atoms with E-state index in [4.69, 9.17) is 30.5 Å². The molecule has 0 aromatic heterocycles. The number of nitrogens with zero attached hydrogens (tertiary/aromatic N) is 1. The molecule has 178 valence electrons. The standard InChI is InChI=1S/C26H20ClNO7/c1-32-18-8-6-14(11-20(18)33-2)23-22(24(29)15-4-3-5-16(27)10-15)25(30)26(31)28(23)17-7-9-19-21(12-17)35-13-34-19/h3-12,23,29H,13H2,1-2H3/b24-22+. The number of rotatable bonds is 5. The number of ketones is 1. The number of benzene rings is 3. The number of anilines is 1. The fourth-order valence-corrected chi connectivity index (χ4v) is 4.45. The molecule has 2 aliphatic heterocycles. The van der Waals surface area contributed by atoms with Crippen LogP contribution in [0.3, 0.4) is 0 Å². The molecule has 0 saturated carbocycles. The highest BCUT2D eigenvalue weighted by molar-refractivity contribution is 6.51. The number of amides is 1. The molecule has 1 saturated heterocycles. The van der Waals surface area contributed by atoms with Crippen molar-refractivity contribution in [3.63, 3.8) is 0 Å². The number of carbonyl (C=O) groups is 2. The van der Waals surface area contributed by atoms with Gasteiger partial charge in [0.15, 0.2) is 23.0 Å². The summed E-state index contributed by atoms with van der Waals surface area (Å²) in [5, 5.41) is 11.6. The molecule has 35 heavy (non-hydrogen) atoms. The number of carbonyl (C=O) groups excluding carboxylic acids is 2. The number of methoxy groups -OCH3 is 2. The van der Waals surface area contributed by atoms with E-state index in [9.17, 15) is 14.7 Å². The summed E-state index contributed by atoms with van der Waals surface area (Å²) in [6, 6.07) is 15.5. The summed E-state index contributed by atoms with van der Waals surface area (Å²) in [4.78, 5) is 28.0. The van der Waals surface area contributed by atoms with E-state index in [0.717, 1.165) is 0 Å². The third kappa shape index (κ3) is 3.81. The Hall–Kier alpha value is -4.17. The number of fused-ring (bicyclic) bond motifs is 1. The van der Waals surface area contributed by atoms with Crippen LogP contribution < -0.4 is 23.8 Å². The topological polar surface area (TPSA) is 94.5 Å². The van der Waals surface area contributed by atoms with Crippen LogP contribution >= 0.6 is 11.6 Å². The lowest BCUT2D eigenvalue weighted by molar-refractivity contribution is -0.132. The van der Waals surface area contributed by atoms with E-state index in [1.807, 2.05) is 0 Å². The van der Waals surface area contributed by atoms with Gasteiger partial charge in [0.25, 0.3) is 11.7 Å². The molecule has 0 radical (unpaired) electrons. The van der Waals surface area contributed by atoms with Gasteiger partial charge < -0.3 is 24.1 Å². The maximum absolute atomic E-state index is 13.4. The van der Waals surface area contributed by atoms with E-state index in [2.05, 4.69) is 0 Å². The lowest BCUT2D eigenvalue weighted by atomic mass is 9.94. The van der Waals surface area contributed by atoms with Crippen molar-refractivity contribution in [2.24, 2.45) is 0 Å². The van der Waals surface area contributed by atoms with Crippen LogP contribution in [0.2, 0.25) is 5.02 Å². The molecule has 1 unspecified atom stereocenters. The summed E-state index contributed by atoms with van der Waals surface area (Å²) < 4.78 is 21.6. The van der Waals surface area contributed by atoms with E-state index in [0.29, 0.717) is 44.8 Å². The highest BCUT2D eigenvalue weighted by Crippen LogP contribution is 2.46. The fourth-order valence-electron chi connectivity index (χ4n) is 4.26. The minimum atomic E-state index is -0.964. The van der Waals surface area contributed by atoms with Gasteiger partial charge in [-0.05, 0) is 42.0 Å². The number of hydrogen-bond donors (Lipinski definition) is 1. The second-order valence-corrected chi connectivity index (χ2v) is 8.27. The van der Waals surface area contributed by atoms with Gasteiger partial charge in [-0.1, -0.05) is 29.8 Å². The van der Waals surface area contributed by atoms with Gasteiger partial charge in [-0.25, -0.2) is 0 Å². The molecule has 1 atom stereocenters. The van der Waals surface area contributed by atoms with E-state index in [-0.39, 0.29) is 18.1 Å². The lowest BCUT2D eigenvalue weighted by Crippen LogP contribution is -2.29. The molecule has 2 heterocycles. The molecule has 0 bridgehead atoms. The van der Waals surface area contributed by atoms with Gasteiger partial charge >= 0.3 is 0 Å². The smallest absolute Gasteiger partial charge is 0.300 e. The minimum absolute atomic E-state index is 0.0610. The Balaban J connectivity index is 1.73. The Bertz CT molecular complexity index is 1380. The average molecular weight is 494 g/mol. The summed E-state index contributed by atoms with van der Waals surface area (Å²) >= 11 is 6.11. The minimum Gasteiger partial charge on any atom is -0.507 e. The predicted molar refractivity (Wildman–Crippen MR) is 128 cm³/mol. The number of aliphatic hydroxyl groups is 1. The summed E-state index contributed by atoms with van der Waals surface area (Å²) in [6.07, 6.45) is 0. The van der Waals surface area contributed by atoms with Crippen LogP contribution in [-0.4, -0.2) is 37.8 Å². The van der Waals surface area contributed by atoms with Gasteiger partial charge in [-0.3, -0.25) is 14.5 Å². The van der Waals surface area contributed by atoms with Crippen LogP contribution in [0.4, 0.5) is 5.69 Å². The maximum atomic E-state index is 13.4. The lowest BCUT2D eigenvalue weighted by Gasteiger charge is -2.26. The molecular weight excluding hydrogens is 474 g/mol. The van der Waals surface area contributed by atoms with Crippen molar-refractivity contribution in [1.82, 2.24) is 0 Å². The molecule has 1 N–H and O–H groups in total. The average Bonchev–Trinajstić information content (AvgIpc) is 3.45. The zero-order chi connectivity index (χ0) is 24.7. The number of halogens is 1. The number of Topliss-reactive ketones (excluding diaryl/α,β-unsaturated/α-hetero) is 1. The highest BCUT2D eigenvalue weighted by atomic mass is 35.5. The van der Waals surface area contributed by atoms with Gasteiger partial charge in [0.2, 0.25) is 6.79 Å². The van der Waals surface area contributed by atoms with Crippen LogP contribution in [0, 0.1) is 0 Å². The van der Waals surface area contributed by atoms with Crippen molar-refractivity contribution in [1.29, 1.82) is 0 Å². The van der Waals surface area contributed by atoms with Crippen molar-refractivity contribution in [2.75, 3.05) is 25.9 Å². The summed E-state index contributed by atoms with van der Waals surface area (Å²) in [7, 11) is 3.00. The van der Waals surface area contributed by atoms with Gasteiger partial charge in [0, 0.05) is 22.3 Å². The van der Waals surface area contributed by atoms with Crippen molar-refractivity contribution < 1.29 is 33.6 Å². The van der Waals surface area contributed by atoms with Crippen molar-refractivity contribution in [2.45, 2.75) is 6.04 Å². The van der Waals surface area contributed by atoms with E-state index in [1.54, 1.807) is 54.6 Å². The van der Waals surface area contributed by atoms with Gasteiger partial charge in [-0.2, -0.15) is 0 Å². The largest absolute Gasteiger partial charge is 0.507 e. The van der Waals surface area contributed by atoms with Crippen molar-refractivity contribution in [3.8, 4) is 23.0 Å². The Kier molecular flexibility index (Phi) is 5.74. The van der Waals surface area contributed by atoms with Crippen LogP contribution in [0.5, 0.6) is 23.0 Å². The molecule has 3 aromatic rings. The summed E-state index contributed by atoms with van der Waals surface area (Å²) in [5.74, 6) is -0.103. The summed E-state index contributed by atoms with van der Waals surface area (Å²) in [6.45, 7) is 0.0610. The quantitative estimate of drug-likeness (QED) is 0.312. The van der Waals surface area contributed by atoms with Gasteiger partial charge in [0.1, 0.15) is 5.76 Å². The van der Waals surface area contributed by atoms with Crippen LogP contribution in [0.15, 0.2) is 66.2 Å². The molecular formula is C26H20ClNO7. The van der Waals surface area contributed by atoms with E-state index < -0.39 is 17.7 Å². The second kappa shape index (κ2) is 8.88. The molecule has 1 fully saturated rings. The zero-order valence-corrected chi connectivity index (χ0v) is 19.5. The SMILES string of the molecule is COc1ccc(C2/C(=C(\O)c3cccc(Cl)c3)C(=O)C(=O)N2c2ccc3c(c2)OCO3)cc1OC. The predicted octanol–water partition coefficient (Wildman–Crippen LogP) is 4.71. The highest BCUT2D eigenvalue weighted by Gasteiger charge is 2.47. The van der Waals surface area contributed by atoms with Gasteiger partial charge in [-0.15, -0.1) is 0 Å². The maximum Gasteiger partial charge on any atom is 0.300 e. The van der Waals surface area contributed by atoms with Crippen LogP contribution in [0.1, 0.15) is 17.2 Å². The molecule has 1 amide bonds. The molecule has 0 aliphatic carbocycles. The normalized spacial score (nSPS) is 18.1. The Labute approximate surface area is 205 Å². The molecule has 2 aliphatic rings. The third-order valence-electron chi connectivity index (χ3n) is 5.90. The first kappa shape index (κ1) is 22.6. The first-order valence-corrected chi connectivity index (χ1v) is 11.0. The van der Waals surface area contributed by atoms with Gasteiger partial charge in [0.05, 0.1) is 25.8 Å². The first-order valence-electron chi connectivity index (χ1n) is 10.6. The summed E-state index contributed by atoms with van der Waals surface area (Å²) in [5.41, 5.74) is 1.16.